The number of rotatable bonds is 5. The Hall–Kier alpha value is -3.08. The molecule has 3 aromatic rings. The first-order valence-corrected chi connectivity index (χ1v) is 7.97. The van der Waals surface area contributed by atoms with E-state index in [0.717, 1.165) is 16.8 Å². The minimum Gasteiger partial charge on any atom is -0.488 e. The Labute approximate surface area is 146 Å². The third kappa shape index (κ3) is 3.88. The van der Waals surface area contributed by atoms with E-state index in [9.17, 15) is 4.79 Å². The Bertz CT molecular complexity index is 879. The molecule has 128 valence electrons. The van der Waals surface area contributed by atoms with Crippen LogP contribution in [0, 0.1) is 20.8 Å². The third-order valence-electron chi connectivity index (χ3n) is 3.86. The van der Waals surface area contributed by atoms with Gasteiger partial charge in [0.15, 0.2) is 0 Å². The maximum atomic E-state index is 12.5. The monoisotopic (exact) mass is 337 g/mol. The molecule has 0 fully saturated rings. The van der Waals surface area contributed by atoms with E-state index in [1.165, 1.54) is 0 Å². The summed E-state index contributed by atoms with van der Waals surface area (Å²) in [5.41, 5.74) is 3.04. The van der Waals surface area contributed by atoms with Crippen LogP contribution in [-0.2, 0) is 6.61 Å². The number of nitrogens with zero attached hydrogens (tertiary/aromatic N) is 1. The number of hydrogen-bond acceptors (Lipinski definition) is 5. The molecule has 3 rings (SSSR count). The van der Waals surface area contributed by atoms with E-state index in [1.807, 2.05) is 45.0 Å². The maximum absolute atomic E-state index is 12.5. The van der Waals surface area contributed by atoms with E-state index < -0.39 is 5.97 Å². The molecule has 0 radical (unpaired) electrons. The van der Waals surface area contributed by atoms with E-state index in [2.05, 4.69) is 5.16 Å². The van der Waals surface area contributed by atoms with Crippen molar-refractivity contribution in [1.82, 2.24) is 5.16 Å². The molecule has 0 saturated carbocycles. The van der Waals surface area contributed by atoms with Gasteiger partial charge in [-0.3, -0.25) is 0 Å². The summed E-state index contributed by atoms with van der Waals surface area (Å²) in [5, 5.41) is 3.90. The van der Waals surface area contributed by atoms with Gasteiger partial charge < -0.3 is 14.0 Å². The number of benzene rings is 2. The molecule has 1 aromatic heterocycles. The van der Waals surface area contributed by atoms with Crippen LogP contribution in [0.5, 0.6) is 11.5 Å². The Balaban J connectivity index is 1.77. The third-order valence-corrected chi connectivity index (χ3v) is 3.86. The average molecular weight is 337 g/mol. The summed E-state index contributed by atoms with van der Waals surface area (Å²) in [4.78, 5) is 12.5. The maximum Gasteiger partial charge on any atom is 0.347 e. The predicted molar refractivity (Wildman–Crippen MR) is 92.9 cm³/mol. The first kappa shape index (κ1) is 16.8. The van der Waals surface area contributed by atoms with Crippen LogP contribution in [-0.4, -0.2) is 11.1 Å². The standard InChI is InChI=1S/C20H19NO4/c1-13-7-6-8-16(11-13)24-20(22)17-9-4-5-10-19(17)23-12-18-14(2)21-25-15(18)3/h4-11H,12H2,1-3H3. The second kappa shape index (κ2) is 7.21. The molecule has 5 heteroatoms. The lowest BCUT2D eigenvalue weighted by atomic mass is 10.2. The van der Waals surface area contributed by atoms with E-state index in [1.54, 1.807) is 24.3 Å². The topological polar surface area (TPSA) is 61.6 Å². The van der Waals surface area contributed by atoms with Crippen LogP contribution >= 0.6 is 0 Å². The number of esters is 1. The summed E-state index contributed by atoms with van der Waals surface area (Å²) >= 11 is 0. The van der Waals surface area contributed by atoms with Crippen molar-refractivity contribution >= 4 is 5.97 Å². The zero-order valence-corrected chi connectivity index (χ0v) is 14.4. The molecule has 25 heavy (non-hydrogen) atoms. The number of aromatic nitrogens is 1. The van der Waals surface area contributed by atoms with Crippen LogP contribution in [0.2, 0.25) is 0 Å². The predicted octanol–water partition coefficient (Wildman–Crippen LogP) is 4.40. The summed E-state index contributed by atoms with van der Waals surface area (Å²) in [6.07, 6.45) is 0. The molecule has 0 aliphatic carbocycles. The van der Waals surface area contributed by atoms with E-state index in [0.29, 0.717) is 22.8 Å². The van der Waals surface area contributed by atoms with Crippen LogP contribution in [0.4, 0.5) is 0 Å². The van der Waals surface area contributed by atoms with Crippen molar-refractivity contribution in [1.29, 1.82) is 0 Å². The van der Waals surface area contributed by atoms with Crippen LogP contribution in [0.1, 0.15) is 32.9 Å². The summed E-state index contributed by atoms with van der Waals surface area (Å²) in [7, 11) is 0. The van der Waals surface area contributed by atoms with Gasteiger partial charge in [0, 0.05) is 0 Å². The highest BCUT2D eigenvalue weighted by molar-refractivity contribution is 5.94. The molecule has 0 aliphatic heterocycles. The minimum atomic E-state index is -0.458. The molecule has 0 unspecified atom stereocenters. The SMILES string of the molecule is Cc1cccc(OC(=O)c2ccccc2OCc2c(C)noc2C)c1. The van der Waals surface area contributed by atoms with Crippen molar-refractivity contribution in [3.05, 3.63) is 76.7 Å². The molecular weight excluding hydrogens is 318 g/mol. The van der Waals surface area contributed by atoms with Gasteiger partial charge in [0.2, 0.25) is 0 Å². The van der Waals surface area contributed by atoms with Crippen LogP contribution in [0.25, 0.3) is 0 Å². The summed E-state index contributed by atoms with van der Waals surface area (Å²) < 4.78 is 16.4. The number of hydrogen-bond donors (Lipinski definition) is 0. The first-order valence-electron chi connectivity index (χ1n) is 7.97. The molecular formula is C20H19NO4. The van der Waals surface area contributed by atoms with Gasteiger partial charge in [-0.15, -0.1) is 0 Å². The largest absolute Gasteiger partial charge is 0.488 e. The Kier molecular flexibility index (Phi) is 4.84. The first-order chi connectivity index (χ1) is 12.0. The molecule has 0 spiro atoms. The van der Waals surface area contributed by atoms with Gasteiger partial charge in [-0.2, -0.15) is 0 Å². The Morgan fingerprint density at radius 3 is 2.60 bits per heavy atom. The minimum absolute atomic E-state index is 0.274. The number of aryl methyl sites for hydroxylation is 3. The van der Waals surface area contributed by atoms with Crippen molar-refractivity contribution in [2.45, 2.75) is 27.4 Å². The number of ether oxygens (including phenoxy) is 2. The molecule has 2 aromatic carbocycles. The number of carbonyl (C=O) groups excluding carboxylic acids is 1. The second-order valence-electron chi connectivity index (χ2n) is 5.79. The fraction of sp³-hybridized carbons (Fsp3) is 0.200. The lowest BCUT2D eigenvalue weighted by Gasteiger charge is -2.11. The lowest BCUT2D eigenvalue weighted by Crippen LogP contribution is -2.11. The van der Waals surface area contributed by atoms with Crippen LogP contribution < -0.4 is 9.47 Å². The second-order valence-corrected chi connectivity index (χ2v) is 5.79. The smallest absolute Gasteiger partial charge is 0.347 e. The van der Waals surface area contributed by atoms with Crippen LogP contribution in [0.3, 0.4) is 0 Å². The Morgan fingerprint density at radius 2 is 1.88 bits per heavy atom. The van der Waals surface area contributed by atoms with Crippen molar-refractivity contribution in [2.75, 3.05) is 0 Å². The van der Waals surface area contributed by atoms with Gasteiger partial charge in [0.25, 0.3) is 0 Å². The summed E-state index contributed by atoms with van der Waals surface area (Å²) in [6.45, 7) is 5.90. The zero-order chi connectivity index (χ0) is 17.8. The fourth-order valence-corrected chi connectivity index (χ4v) is 2.46. The normalized spacial score (nSPS) is 10.5. The van der Waals surface area contributed by atoms with Gasteiger partial charge in [-0.25, -0.2) is 4.79 Å². The van der Waals surface area contributed by atoms with E-state index in [4.69, 9.17) is 14.0 Å². The van der Waals surface area contributed by atoms with E-state index >= 15 is 0 Å². The highest BCUT2D eigenvalue weighted by Crippen LogP contribution is 2.23. The van der Waals surface area contributed by atoms with Crippen molar-refractivity contribution in [2.24, 2.45) is 0 Å². The highest BCUT2D eigenvalue weighted by atomic mass is 16.5. The van der Waals surface area contributed by atoms with Crippen LogP contribution in [0.15, 0.2) is 53.1 Å². The molecule has 1 heterocycles. The van der Waals surface area contributed by atoms with Crippen molar-refractivity contribution in [3.8, 4) is 11.5 Å². The van der Waals surface area contributed by atoms with Gasteiger partial charge in [0.05, 0.1) is 11.3 Å². The lowest BCUT2D eigenvalue weighted by molar-refractivity contribution is 0.0729. The molecule has 5 nitrogen and oxygen atoms in total. The molecule has 0 N–H and O–H groups in total. The van der Waals surface area contributed by atoms with Gasteiger partial charge in [-0.1, -0.05) is 29.4 Å². The fourth-order valence-electron chi connectivity index (χ4n) is 2.46. The highest BCUT2D eigenvalue weighted by Gasteiger charge is 2.16. The molecule has 0 aliphatic rings. The van der Waals surface area contributed by atoms with Crippen molar-refractivity contribution < 1.29 is 18.8 Å². The molecule has 0 saturated heterocycles. The number of para-hydroxylation sites is 1. The Morgan fingerprint density at radius 1 is 1.08 bits per heavy atom. The van der Waals surface area contributed by atoms with Gasteiger partial charge in [0.1, 0.15) is 29.4 Å². The van der Waals surface area contributed by atoms with Gasteiger partial charge >= 0.3 is 5.97 Å². The summed E-state index contributed by atoms with van der Waals surface area (Å²) in [6, 6.07) is 14.4. The zero-order valence-electron chi connectivity index (χ0n) is 14.4. The molecule has 0 amide bonds. The van der Waals surface area contributed by atoms with Gasteiger partial charge in [-0.05, 0) is 50.6 Å². The van der Waals surface area contributed by atoms with E-state index in [-0.39, 0.29) is 6.61 Å². The number of carbonyl (C=O) groups is 1. The average Bonchev–Trinajstić information content (AvgIpc) is 2.91. The quantitative estimate of drug-likeness (QED) is 0.510. The van der Waals surface area contributed by atoms with Crippen molar-refractivity contribution in [3.63, 3.8) is 0 Å². The molecule has 0 bridgehead atoms. The molecule has 0 atom stereocenters. The summed E-state index contributed by atoms with van der Waals surface area (Å²) in [5.74, 6) is 1.21.